The minimum atomic E-state index is -0.426. The monoisotopic (exact) mass is 316 g/mol. The molecule has 0 aromatic carbocycles. The highest BCUT2D eigenvalue weighted by Crippen LogP contribution is 2.24. The molecule has 1 aromatic rings. The van der Waals surface area contributed by atoms with Gasteiger partial charge in [-0.2, -0.15) is 0 Å². The summed E-state index contributed by atoms with van der Waals surface area (Å²) in [6.07, 6.45) is 8.34. The van der Waals surface area contributed by atoms with Crippen molar-refractivity contribution in [2.45, 2.75) is 51.9 Å². The van der Waals surface area contributed by atoms with E-state index < -0.39 is 5.97 Å². The highest BCUT2D eigenvalue weighted by molar-refractivity contribution is 9.10. The van der Waals surface area contributed by atoms with Gasteiger partial charge in [0.25, 0.3) is 0 Å². The van der Waals surface area contributed by atoms with Crippen LogP contribution in [0.25, 0.3) is 0 Å². The second-order valence-electron chi connectivity index (χ2n) is 4.39. The Kier molecular flexibility index (Phi) is 7.09. The zero-order valence-corrected chi connectivity index (χ0v) is 12.7. The molecule has 0 saturated carbocycles. The van der Waals surface area contributed by atoms with Crippen LogP contribution >= 0.6 is 15.9 Å². The van der Waals surface area contributed by atoms with Gasteiger partial charge < -0.3 is 9.15 Å². The fourth-order valence-corrected chi connectivity index (χ4v) is 2.33. The van der Waals surface area contributed by atoms with E-state index >= 15 is 0 Å². The molecule has 0 saturated heterocycles. The summed E-state index contributed by atoms with van der Waals surface area (Å²) in [7, 11) is 1.35. The van der Waals surface area contributed by atoms with E-state index in [1.165, 1.54) is 39.2 Å². The van der Waals surface area contributed by atoms with Gasteiger partial charge in [0, 0.05) is 12.5 Å². The topological polar surface area (TPSA) is 39.4 Å². The van der Waals surface area contributed by atoms with Gasteiger partial charge in [-0.3, -0.25) is 0 Å². The summed E-state index contributed by atoms with van der Waals surface area (Å²) in [6.45, 7) is 2.22. The molecule has 1 rings (SSSR count). The van der Waals surface area contributed by atoms with Crippen LogP contribution in [0.15, 0.2) is 15.0 Å². The van der Waals surface area contributed by atoms with Gasteiger partial charge >= 0.3 is 5.97 Å². The number of rotatable bonds is 8. The molecular weight excluding hydrogens is 296 g/mol. The Morgan fingerprint density at radius 3 is 2.61 bits per heavy atom. The first kappa shape index (κ1) is 15.3. The number of carbonyl (C=O) groups is 1. The Morgan fingerprint density at radius 1 is 1.28 bits per heavy atom. The van der Waals surface area contributed by atoms with Crippen LogP contribution in [0.5, 0.6) is 0 Å². The van der Waals surface area contributed by atoms with Crippen molar-refractivity contribution in [3.63, 3.8) is 0 Å². The lowest BCUT2D eigenvalue weighted by molar-refractivity contribution is 0.0563. The van der Waals surface area contributed by atoms with Crippen LogP contribution < -0.4 is 0 Å². The van der Waals surface area contributed by atoms with Crippen molar-refractivity contribution in [2.24, 2.45) is 0 Å². The number of ether oxygens (including phenoxy) is 1. The van der Waals surface area contributed by atoms with E-state index in [0.717, 1.165) is 23.1 Å². The molecule has 18 heavy (non-hydrogen) atoms. The van der Waals surface area contributed by atoms with E-state index in [1.807, 2.05) is 0 Å². The first-order valence-electron chi connectivity index (χ1n) is 6.55. The normalized spacial score (nSPS) is 10.6. The van der Waals surface area contributed by atoms with Crippen molar-refractivity contribution >= 4 is 21.9 Å². The van der Waals surface area contributed by atoms with E-state index in [2.05, 4.69) is 27.6 Å². The van der Waals surface area contributed by atoms with E-state index in [-0.39, 0.29) is 5.76 Å². The SMILES string of the molecule is CCCCCCCCc1oc(C(=O)OC)cc1Br. The standard InChI is InChI=1S/C14H21BrO3/c1-3-4-5-6-7-8-9-12-11(15)10-13(18-12)14(16)17-2/h10H,3-9H2,1-2H3. The first-order chi connectivity index (χ1) is 8.69. The minimum absolute atomic E-state index is 0.269. The average molecular weight is 317 g/mol. The summed E-state index contributed by atoms with van der Waals surface area (Å²) in [6, 6.07) is 1.68. The number of esters is 1. The lowest BCUT2D eigenvalue weighted by Crippen LogP contribution is -1.98. The molecule has 0 amide bonds. The van der Waals surface area contributed by atoms with Crippen LogP contribution in [0, 0.1) is 0 Å². The van der Waals surface area contributed by atoms with E-state index in [1.54, 1.807) is 6.07 Å². The Hall–Kier alpha value is -0.770. The van der Waals surface area contributed by atoms with Crippen LogP contribution in [0.2, 0.25) is 0 Å². The minimum Gasteiger partial charge on any atom is -0.463 e. The number of carbonyl (C=O) groups excluding carboxylic acids is 1. The fraction of sp³-hybridized carbons (Fsp3) is 0.643. The number of furan rings is 1. The molecule has 102 valence electrons. The number of aryl methyl sites for hydroxylation is 1. The van der Waals surface area contributed by atoms with Crippen LogP contribution in [0.4, 0.5) is 0 Å². The highest BCUT2D eigenvalue weighted by Gasteiger charge is 2.15. The molecule has 0 fully saturated rings. The smallest absolute Gasteiger partial charge is 0.373 e. The highest BCUT2D eigenvalue weighted by atomic mass is 79.9. The summed E-state index contributed by atoms with van der Waals surface area (Å²) in [5.74, 6) is 0.682. The average Bonchev–Trinajstić information content (AvgIpc) is 2.74. The first-order valence-corrected chi connectivity index (χ1v) is 7.34. The molecule has 0 atom stereocenters. The third-order valence-electron chi connectivity index (χ3n) is 2.90. The lowest BCUT2D eigenvalue weighted by atomic mass is 10.1. The lowest BCUT2D eigenvalue weighted by Gasteiger charge is -2.00. The Labute approximate surface area is 117 Å². The predicted molar refractivity (Wildman–Crippen MR) is 74.8 cm³/mol. The van der Waals surface area contributed by atoms with Crippen molar-refractivity contribution in [3.8, 4) is 0 Å². The second-order valence-corrected chi connectivity index (χ2v) is 5.25. The zero-order valence-electron chi connectivity index (χ0n) is 11.1. The van der Waals surface area contributed by atoms with Crippen LogP contribution in [-0.4, -0.2) is 13.1 Å². The van der Waals surface area contributed by atoms with Gasteiger partial charge in [0.15, 0.2) is 0 Å². The molecule has 0 aliphatic carbocycles. The van der Waals surface area contributed by atoms with Crippen molar-refractivity contribution in [1.82, 2.24) is 0 Å². The molecular formula is C14H21BrO3. The van der Waals surface area contributed by atoms with E-state index in [9.17, 15) is 4.79 Å². The maximum Gasteiger partial charge on any atom is 0.373 e. The molecule has 0 spiro atoms. The molecule has 1 heterocycles. The molecule has 0 radical (unpaired) electrons. The molecule has 1 aromatic heterocycles. The number of methoxy groups -OCH3 is 1. The largest absolute Gasteiger partial charge is 0.463 e. The molecule has 0 aliphatic heterocycles. The summed E-state index contributed by atoms with van der Waals surface area (Å²) in [5.41, 5.74) is 0. The molecule has 0 N–H and O–H groups in total. The maximum atomic E-state index is 11.3. The molecule has 0 bridgehead atoms. The van der Waals surface area contributed by atoms with Crippen molar-refractivity contribution in [1.29, 1.82) is 0 Å². The Morgan fingerprint density at radius 2 is 1.94 bits per heavy atom. The van der Waals surface area contributed by atoms with Gasteiger partial charge in [0.2, 0.25) is 5.76 Å². The van der Waals surface area contributed by atoms with E-state index in [0.29, 0.717) is 0 Å². The number of hydrogen-bond acceptors (Lipinski definition) is 3. The van der Waals surface area contributed by atoms with Crippen LogP contribution in [0.1, 0.15) is 61.8 Å². The van der Waals surface area contributed by atoms with Crippen molar-refractivity contribution < 1.29 is 13.9 Å². The molecule has 0 unspecified atom stereocenters. The van der Waals surface area contributed by atoms with Gasteiger partial charge in [-0.25, -0.2) is 4.79 Å². The zero-order chi connectivity index (χ0) is 13.4. The predicted octanol–water partition coefficient (Wildman–Crippen LogP) is 4.73. The third kappa shape index (κ3) is 4.84. The van der Waals surface area contributed by atoms with Crippen LogP contribution in [0.3, 0.4) is 0 Å². The summed E-state index contributed by atoms with van der Waals surface area (Å²) < 4.78 is 11.0. The van der Waals surface area contributed by atoms with Crippen molar-refractivity contribution in [3.05, 3.63) is 22.1 Å². The quantitative estimate of drug-likeness (QED) is 0.514. The molecule has 4 heteroatoms. The summed E-state index contributed by atoms with van der Waals surface area (Å²) in [4.78, 5) is 11.3. The summed E-state index contributed by atoms with van der Waals surface area (Å²) in [5, 5.41) is 0. The maximum absolute atomic E-state index is 11.3. The van der Waals surface area contributed by atoms with Gasteiger partial charge in [-0.1, -0.05) is 39.0 Å². The van der Waals surface area contributed by atoms with Gasteiger partial charge in [-0.15, -0.1) is 0 Å². The fourth-order valence-electron chi connectivity index (χ4n) is 1.84. The number of hydrogen-bond donors (Lipinski definition) is 0. The third-order valence-corrected chi connectivity index (χ3v) is 3.57. The van der Waals surface area contributed by atoms with Gasteiger partial charge in [0.05, 0.1) is 11.6 Å². The van der Waals surface area contributed by atoms with Crippen LogP contribution in [-0.2, 0) is 11.2 Å². The van der Waals surface area contributed by atoms with Gasteiger partial charge in [-0.05, 0) is 22.4 Å². The number of halogens is 1. The number of unbranched alkanes of at least 4 members (excludes halogenated alkanes) is 5. The summed E-state index contributed by atoms with van der Waals surface area (Å²) >= 11 is 3.41. The Bertz CT molecular complexity index is 371. The van der Waals surface area contributed by atoms with Gasteiger partial charge in [0.1, 0.15) is 5.76 Å². The van der Waals surface area contributed by atoms with E-state index in [4.69, 9.17) is 4.42 Å². The van der Waals surface area contributed by atoms with Crippen molar-refractivity contribution in [2.75, 3.05) is 7.11 Å². The molecule has 3 nitrogen and oxygen atoms in total. The Balaban J connectivity index is 2.34. The second kappa shape index (κ2) is 8.35. The molecule has 0 aliphatic rings.